The monoisotopic (exact) mass is 413 g/mol. The van der Waals surface area contributed by atoms with E-state index in [4.69, 9.17) is 4.74 Å². The number of likely N-dealkylation sites (tertiary alicyclic amines) is 1. The molecule has 0 bridgehead atoms. The normalized spacial score (nSPS) is 26.0. The standard InChI is InChI=1S/C21H23N3O4S/c1-10-5-18(29-23-10)22-20(26)19-14-6-24(7-15(14)19)8-17(25)12-3-4-13-16(11(12)2)9-28-21(13)27/h3-5,14-15,17,19,25H,6-9H2,1-2H3,(H,22,26)/t14?,15?,17-,19?/m0/s1. The van der Waals surface area contributed by atoms with Crippen LogP contribution >= 0.6 is 11.5 Å². The molecule has 2 aliphatic heterocycles. The van der Waals surface area contributed by atoms with Crippen molar-refractivity contribution in [3.8, 4) is 0 Å². The van der Waals surface area contributed by atoms with Gasteiger partial charge < -0.3 is 15.2 Å². The molecule has 0 radical (unpaired) electrons. The number of hydrogen-bond donors (Lipinski definition) is 2. The van der Waals surface area contributed by atoms with Gasteiger partial charge in [-0.05, 0) is 60.5 Å². The lowest BCUT2D eigenvalue weighted by atomic mass is 9.95. The largest absolute Gasteiger partial charge is 0.457 e. The van der Waals surface area contributed by atoms with E-state index in [1.165, 1.54) is 11.5 Å². The highest BCUT2D eigenvalue weighted by Gasteiger charge is 2.59. The Morgan fingerprint density at radius 2 is 2.14 bits per heavy atom. The minimum atomic E-state index is -0.624. The smallest absolute Gasteiger partial charge is 0.338 e. The number of aliphatic hydroxyl groups excluding tert-OH is 1. The van der Waals surface area contributed by atoms with Crippen molar-refractivity contribution in [2.24, 2.45) is 17.8 Å². The first-order valence-electron chi connectivity index (χ1n) is 9.86. The molecule has 3 heterocycles. The van der Waals surface area contributed by atoms with Crippen molar-refractivity contribution in [2.45, 2.75) is 26.6 Å². The Bertz CT molecular complexity index is 992. The van der Waals surface area contributed by atoms with Crippen molar-refractivity contribution in [2.75, 3.05) is 25.0 Å². The number of β-amino-alcohol motifs (C(OH)–C–C–N with tert-alkyl or cyclic N) is 1. The molecule has 29 heavy (non-hydrogen) atoms. The van der Waals surface area contributed by atoms with Crippen molar-refractivity contribution in [3.05, 3.63) is 46.1 Å². The Kier molecular flexibility index (Phi) is 4.45. The van der Waals surface area contributed by atoms with E-state index in [9.17, 15) is 14.7 Å². The van der Waals surface area contributed by atoms with E-state index >= 15 is 0 Å². The average molecular weight is 413 g/mol. The number of piperidine rings is 1. The van der Waals surface area contributed by atoms with E-state index < -0.39 is 6.10 Å². The van der Waals surface area contributed by atoms with Crippen molar-refractivity contribution in [3.63, 3.8) is 0 Å². The number of amides is 1. The highest BCUT2D eigenvalue weighted by Crippen LogP contribution is 2.52. The van der Waals surface area contributed by atoms with Crippen molar-refractivity contribution < 1.29 is 19.4 Å². The predicted octanol–water partition coefficient (Wildman–Crippen LogP) is 2.28. The van der Waals surface area contributed by atoms with E-state index in [1.54, 1.807) is 6.07 Å². The molecule has 0 spiro atoms. The van der Waals surface area contributed by atoms with Gasteiger partial charge in [-0.2, -0.15) is 4.37 Å². The van der Waals surface area contributed by atoms with Gasteiger partial charge in [-0.1, -0.05) is 6.07 Å². The summed E-state index contributed by atoms with van der Waals surface area (Å²) in [5.41, 5.74) is 4.18. The van der Waals surface area contributed by atoms with Gasteiger partial charge in [0, 0.05) is 31.1 Å². The SMILES string of the molecule is Cc1cc(NC(=O)C2C3CN(C[C@H](O)c4ccc5c(c4C)COC5=O)CC32)sn1. The van der Waals surface area contributed by atoms with Crippen molar-refractivity contribution in [1.82, 2.24) is 9.27 Å². The van der Waals surface area contributed by atoms with Gasteiger partial charge in [0.15, 0.2) is 0 Å². The van der Waals surface area contributed by atoms with Gasteiger partial charge in [0.2, 0.25) is 5.91 Å². The predicted molar refractivity (Wildman–Crippen MR) is 108 cm³/mol. The van der Waals surface area contributed by atoms with Crippen molar-refractivity contribution >= 4 is 28.4 Å². The average Bonchev–Trinajstić information content (AvgIpc) is 3.01. The fourth-order valence-electron chi connectivity index (χ4n) is 4.85. The summed E-state index contributed by atoms with van der Waals surface area (Å²) < 4.78 is 9.29. The molecule has 152 valence electrons. The fourth-order valence-corrected chi connectivity index (χ4v) is 5.52. The van der Waals surface area contributed by atoms with Crippen molar-refractivity contribution in [1.29, 1.82) is 0 Å². The number of nitrogens with one attached hydrogen (secondary N) is 1. The molecule has 1 aliphatic carbocycles. The molecule has 2 N–H and O–H groups in total. The number of rotatable bonds is 5. The maximum absolute atomic E-state index is 12.5. The second-order valence-corrected chi connectivity index (χ2v) is 9.10. The lowest BCUT2D eigenvalue weighted by molar-refractivity contribution is -0.118. The molecule has 3 atom stereocenters. The summed E-state index contributed by atoms with van der Waals surface area (Å²) in [7, 11) is 0. The first kappa shape index (κ1) is 18.7. The number of carbonyl (C=O) groups is 2. The molecule has 2 fully saturated rings. The third kappa shape index (κ3) is 3.25. The number of aryl methyl sites for hydroxylation is 1. The number of aromatic nitrogens is 1. The first-order valence-corrected chi connectivity index (χ1v) is 10.6. The number of nitrogens with zero attached hydrogens (tertiary/aromatic N) is 2. The number of carbonyl (C=O) groups excluding carboxylic acids is 2. The van der Waals surface area contributed by atoms with E-state index in [-0.39, 0.29) is 24.4 Å². The molecule has 1 saturated heterocycles. The molecule has 5 rings (SSSR count). The molecule has 1 aromatic carbocycles. The van der Waals surface area contributed by atoms with Crippen LogP contribution in [0.1, 0.15) is 38.8 Å². The first-order chi connectivity index (χ1) is 13.9. The molecule has 1 aromatic heterocycles. The second-order valence-electron chi connectivity index (χ2n) is 8.29. The lowest BCUT2D eigenvalue weighted by Gasteiger charge is -2.24. The Hall–Kier alpha value is -2.29. The maximum Gasteiger partial charge on any atom is 0.338 e. The van der Waals surface area contributed by atoms with Gasteiger partial charge >= 0.3 is 5.97 Å². The highest BCUT2D eigenvalue weighted by atomic mass is 32.1. The lowest BCUT2D eigenvalue weighted by Crippen LogP contribution is -2.31. The molecule has 2 aromatic rings. The number of cyclic esters (lactones) is 1. The van der Waals surface area contributed by atoms with Gasteiger partial charge in [-0.3, -0.25) is 9.69 Å². The number of esters is 1. The van der Waals surface area contributed by atoms with Crippen LogP contribution in [0.4, 0.5) is 5.00 Å². The minimum Gasteiger partial charge on any atom is -0.457 e. The summed E-state index contributed by atoms with van der Waals surface area (Å²) in [6, 6.07) is 5.47. The van der Waals surface area contributed by atoms with Crippen LogP contribution in [0.2, 0.25) is 0 Å². The van der Waals surface area contributed by atoms with Crippen LogP contribution in [0, 0.1) is 31.6 Å². The number of benzene rings is 1. The zero-order valence-electron chi connectivity index (χ0n) is 16.3. The molecule has 1 saturated carbocycles. The van der Waals surface area contributed by atoms with Crippen LogP contribution in [0.5, 0.6) is 0 Å². The Balaban J connectivity index is 1.17. The van der Waals surface area contributed by atoms with Gasteiger partial charge in [0.1, 0.15) is 11.6 Å². The highest BCUT2D eigenvalue weighted by molar-refractivity contribution is 7.10. The quantitative estimate of drug-likeness (QED) is 0.731. The minimum absolute atomic E-state index is 0.0655. The Labute approximate surface area is 172 Å². The molecule has 8 heteroatoms. The Morgan fingerprint density at radius 1 is 1.38 bits per heavy atom. The molecule has 3 aliphatic rings. The summed E-state index contributed by atoms with van der Waals surface area (Å²) in [5, 5.41) is 14.6. The van der Waals surface area contributed by atoms with E-state index in [0.29, 0.717) is 23.9 Å². The van der Waals surface area contributed by atoms with Crippen LogP contribution < -0.4 is 5.32 Å². The third-order valence-electron chi connectivity index (χ3n) is 6.44. The van der Waals surface area contributed by atoms with E-state index in [2.05, 4.69) is 14.6 Å². The zero-order valence-corrected chi connectivity index (χ0v) is 17.2. The third-order valence-corrected chi connectivity index (χ3v) is 7.24. The zero-order chi connectivity index (χ0) is 20.3. The van der Waals surface area contributed by atoms with Crippen LogP contribution in [0.3, 0.4) is 0 Å². The number of fused-ring (bicyclic) bond motifs is 2. The summed E-state index contributed by atoms with van der Waals surface area (Å²) in [6.07, 6.45) is -0.624. The van der Waals surface area contributed by atoms with Crippen LogP contribution in [-0.4, -0.2) is 45.9 Å². The van der Waals surface area contributed by atoms with Crippen LogP contribution in [0.25, 0.3) is 0 Å². The summed E-state index contributed by atoms with van der Waals surface area (Å²) in [6.45, 7) is 6.31. The molecular formula is C21H23N3O4S. The van der Waals surface area contributed by atoms with E-state index in [0.717, 1.165) is 40.5 Å². The molecule has 7 nitrogen and oxygen atoms in total. The number of hydrogen-bond acceptors (Lipinski definition) is 7. The topological polar surface area (TPSA) is 91.8 Å². The molecular weight excluding hydrogens is 390 g/mol. The Morgan fingerprint density at radius 3 is 2.83 bits per heavy atom. The molecule has 2 unspecified atom stereocenters. The van der Waals surface area contributed by atoms with Gasteiger partial charge in [-0.25, -0.2) is 4.79 Å². The van der Waals surface area contributed by atoms with Gasteiger partial charge in [-0.15, -0.1) is 0 Å². The summed E-state index contributed by atoms with van der Waals surface area (Å²) >= 11 is 1.31. The fraction of sp³-hybridized carbons (Fsp3) is 0.476. The van der Waals surface area contributed by atoms with Gasteiger partial charge in [0.05, 0.1) is 17.4 Å². The number of aliphatic hydroxyl groups is 1. The van der Waals surface area contributed by atoms with Crippen LogP contribution in [0.15, 0.2) is 18.2 Å². The van der Waals surface area contributed by atoms with E-state index in [1.807, 2.05) is 26.0 Å². The summed E-state index contributed by atoms with van der Waals surface area (Å²) in [5.74, 6) is 0.590. The number of anilines is 1. The molecule has 1 amide bonds. The number of ether oxygens (including phenoxy) is 1. The maximum atomic E-state index is 12.5. The van der Waals surface area contributed by atoms with Crippen LogP contribution in [-0.2, 0) is 16.1 Å². The van der Waals surface area contributed by atoms with Gasteiger partial charge in [0.25, 0.3) is 0 Å². The second kappa shape index (κ2) is 6.90. The summed E-state index contributed by atoms with van der Waals surface area (Å²) in [4.78, 5) is 26.4.